The van der Waals surface area contributed by atoms with Crippen LogP contribution < -0.4 is 0 Å². The minimum atomic E-state index is 0.529. The van der Waals surface area contributed by atoms with Gasteiger partial charge in [-0.25, -0.2) is 0 Å². The Morgan fingerprint density at radius 2 is 1.94 bits per heavy atom. The number of nitriles is 1. The first-order chi connectivity index (χ1) is 8.76. The van der Waals surface area contributed by atoms with Gasteiger partial charge in [-0.15, -0.1) is 11.3 Å². The average molecular weight is 274 g/mol. The molecule has 0 unspecified atom stereocenters. The summed E-state index contributed by atoms with van der Waals surface area (Å²) in [4.78, 5) is 2.22. The van der Waals surface area contributed by atoms with Crippen molar-refractivity contribution in [3.05, 3.63) is 57.8 Å². The molecule has 0 fully saturated rings. The second-order valence-electron chi connectivity index (χ2n) is 3.79. The van der Waals surface area contributed by atoms with Crippen molar-refractivity contribution in [2.45, 2.75) is 13.3 Å². The van der Waals surface area contributed by atoms with Crippen LogP contribution in [0.4, 0.5) is 0 Å². The van der Waals surface area contributed by atoms with Gasteiger partial charge >= 0.3 is 0 Å². The Balaban J connectivity index is 2.47. The zero-order valence-electron chi connectivity index (χ0n) is 9.98. The molecule has 1 aromatic carbocycles. The summed E-state index contributed by atoms with van der Waals surface area (Å²) in [6.45, 7) is 2.11. The lowest BCUT2D eigenvalue weighted by molar-refractivity contribution is 1.19. The number of nitrogens with zero attached hydrogens (tertiary/aromatic N) is 1. The van der Waals surface area contributed by atoms with Crippen LogP contribution in [0.25, 0.3) is 10.6 Å². The van der Waals surface area contributed by atoms with Crippen LogP contribution in [0, 0.1) is 11.3 Å². The highest BCUT2D eigenvalue weighted by Crippen LogP contribution is 2.33. The van der Waals surface area contributed by atoms with Gasteiger partial charge in [-0.05, 0) is 24.1 Å². The van der Waals surface area contributed by atoms with Gasteiger partial charge in [-0.1, -0.05) is 48.9 Å². The molecule has 0 aliphatic rings. The zero-order valence-corrected chi connectivity index (χ0v) is 11.6. The Morgan fingerprint density at radius 3 is 2.50 bits per heavy atom. The van der Waals surface area contributed by atoms with Crippen molar-refractivity contribution in [3.63, 3.8) is 0 Å². The standard InChI is InChI=1S/C15H12ClNS/c1-2-12-8-9-14(18-12)15(16)13(10-17)11-6-4-3-5-7-11/h3-9H,2H2,1H3. The van der Waals surface area contributed by atoms with E-state index >= 15 is 0 Å². The van der Waals surface area contributed by atoms with Gasteiger partial charge in [0, 0.05) is 9.75 Å². The van der Waals surface area contributed by atoms with Crippen LogP contribution in [0.3, 0.4) is 0 Å². The number of aryl methyl sites for hydroxylation is 1. The summed E-state index contributed by atoms with van der Waals surface area (Å²) >= 11 is 7.98. The summed E-state index contributed by atoms with van der Waals surface area (Å²) in [6.07, 6.45) is 0.988. The molecule has 0 N–H and O–H groups in total. The first-order valence-electron chi connectivity index (χ1n) is 5.70. The molecular weight excluding hydrogens is 262 g/mol. The van der Waals surface area contributed by atoms with Gasteiger partial charge in [0.1, 0.15) is 6.07 Å². The lowest BCUT2D eigenvalue weighted by Gasteiger charge is -2.01. The summed E-state index contributed by atoms with van der Waals surface area (Å²) in [6, 6.07) is 15.8. The molecular formula is C15H12ClNS. The van der Waals surface area contributed by atoms with Crippen molar-refractivity contribution in [1.82, 2.24) is 0 Å². The Hall–Kier alpha value is -1.56. The van der Waals surface area contributed by atoms with E-state index < -0.39 is 0 Å². The first kappa shape index (κ1) is 12.9. The second-order valence-corrected chi connectivity index (χ2v) is 5.33. The predicted octanol–water partition coefficient (Wildman–Crippen LogP) is 4.94. The van der Waals surface area contributed by atoms with Gasteiger partial charge in [-0.3, -0.25) is 0 Å². The molecule has 1 heterocycles. The van der Waals surface area contributed by atoms with E-state index in [2.05, 4.69) is 19.1 Å². The maximum absolute atomic E-state index is 9.29. The summed E-state index contributed by atoms with van der Waals surface area (Å²) in [5.41, 5.74) is 1.39. The van der Waals surface area contributed by atoms with Gasteiger partial charge in [0.25, 0.3) is 0 Å². The third-order valence-corrected chi connectivity index (χ3v) is 4.37. The van der Waals surface area contributed by atoms with Gasteiger partial charge in [0.05, 0.1) is 10.6 Å². The Morgan fingerprint density at radius 1 is 1.22 bits per heavy atom. The lowest BCUT2D eigenvalue weighted by atomic mass is 10.1. The molecule has 0 amide bonds. The van der Waals surface area contributed by atoms with E-state index in [4.69, 9.17) is 11.6 Å². The third-order valence-electron chi connectivity index (χ3n) is 2.62. The number of thiophene rings is 1. The number of hydrogen-bond donors (Lipinski definition) is 0. The van der Waals surface area contributed by atoms with Crippen molar-refractivity contribution < 1.29 is 0 Å². The summed E-state index contributed by atoms with van der Waals surface area (Å²) in [7, 11) is 0. The first-order valence-corrected chi connectivity index (χ1v) is 6.90. The smallest absolute Gasteiger partial charge is 0.101 e. The second kappa shape index (κ2) is 5.86. The van der Waals surface area contributed by atoms with E-state index in [-0.39, 0.29) is 0 Å². The van der Waals surface area contributed by atoms with E-state index in [1.807, 2.05) is 36.4 Å². The minimum absolute atomic E-state index is 0.529. The van der Waals surface area contributed by atoms with Gasteiger partial charge in [0.2, 0.25) is 0 Å². The fraction of sp³-hybridized carbons (Fsp3) is 0.133. The molecule has 3 heteroatoms. The van der Waals surface area contributed by atoms with E-state index in [0.29, 0.717) is 10.6 Å². The quantitative estimate of drug-likeness (QED) is 0.727. The maximum Gasteiger partial charge on any atom is 0.101 e. The van der Waals surface area contributed by atoms with E-state index in [1.54, 1.807) is 11.3 Å². The fourth-order valence-electron chi connectivity index (χ4n) is 1.65. The molecule has 0 aliphatic carbocycles. The van der Waals surface area contributed by atoms with Crippen LogP contribution in [-0.2, 0) is 6.42 Å². The van der Waals surface area contributed by atoms with Crippen LogP contribution in [0.2, 0.25) is 0 Å². The fourth-order valence-corrected chi connectivity index (χ4v) is 2.87. The topological polar surface area (TPSA) is 23.8 Å². The number of halogens is 1. The van der Waals surface area contributed by atoms with Gasteiger partial charge in [0.15, 0.2) is 0 Å². The normalized spacial score (nSPS) is 11.8. The summed E-state index contributed by atoms with van der Waals surface area (Å²) in [5.74, 6) is 0. The molecule has 0 saturated carbocycles. The number of benzene rings is 1. The van der Waals surface area contributed by atoms with Crippen molar-refractivity contribution in [1.29, 1.82) is 5.26 Å². The molecule has 2 rings (SSSR count). The third kappa shape index (κ3) is 2.64. The highest BCUT2D eigenvalue weighted by atomic mass is 35.5. The largest absolute Gasteiger partial charge is 0.192 e. The zero-order chi connectivity index (χ0) is 13.0. The molecule has 1 nitrogen and oxygen atoms in total. The SMILES string of the molecule is CCc1ccc(C(Cl)=C(C#N)c2ccccc2)s1. The Kier molecular flexibility index (Phi) is 4.19. The minimum Gasteiger partial charge on any atom is -0.192 e. The molecule has 0 radical (unpaired) electrons. The van der Waals surface area contributed by atoms with Crippen molar-refractivity contribution >= 4 is 33.5 Å². The van der Waals surface area contributed by atoms with Gasteiger partial charge in [-0.2, -0.15) is 5.26 Å². The molecule has 1 aromatic heterocycles. The molecule has 0 aliphatic heterocycles. The van der Waals surface area contributed by atoms with Crippen molar-refractivity contribution in [2.75, 3.05) is 0 Å². The lowest BCUT2D eigenvalue weighted by Crippen LogP contribution is -1.83. The van der Waals surface area contributed by atoms with Crippen LogP contribution in [0.5, 0.6) is 0 Å². The van der Waals surface area contributed by atoms with Gasteiger partial charge < -0.3 is 0 Å². The molecule has 0 spiro atoms. The molecule has 18 heavy (non-hydrogen) atoms. The maximum atomic E-state index is 9.29. The van der Waals surface area contributed by atoms with E-state index in [9.17, 15) is 5.26 Å². The van der Waals surface area contributed by atoms with Crippen LogP contribution in [-0.4, -0.2) is 0 Å². The van der Waals surface area contributed by atoms with Crippen LogP contribution in [0.15, 0.2) is 42.5 Å². The van der Waals surface area contributed by atoms with E-state index in [1.165, 1.54) is 4.88 Å². The predicted molar refractivity (Wildman–Crippen MR) is 78.4 cm³/mol. The number of hydrogen-bond acceptors (Lipinski definition) is 2. The van der Waals surface area contributed by atoms with E-state index in [0.717, 1.165) is 16.9 Å². The van der Waals surface area contributed by atoms with Crippen LogP contribution >= 0.6 is 22.9 Å². The molecule has 0 saturated heterocycles. The summed E-state index contributed by atoms with van der Waals surface area (Å²) < 4.78 is 0. The number of allylic oxidation sites excluding steroid dienone is 1. The Bertz CT molecular complexity index is 605. The highest BCUT2D eigenvalue weighted by Gasteiger charge is 2.11. The van der Waals surface area contributed by atoms with Crippen molar-refractivity contribution in [3.8, 4) is 6.07 Å². The Labute approximate surface area is 116 Å². The molecule has 0 atom stereocenters. The van der Waals surface area contributed by atoms with Crippen LogP contribution in [0.1, 0.15) is 22.2 Å². The molecule has 90 valence electrons. The van der Waals surface area contributed by atoms with Crippen molar-refractivity contribution in [2.24, 2.45) is 0 Å². The number of rotatable bonds is 3. The average Bonchev–Trinajstić information content (AvgIpc) is 2.89. The monoisotopic (exact) mass is 273 g/mol. The molecule has 2 aromatic rings. The molecule has 0 bridgehead atoms. The summed E-state index contributed by atoms with van der Waals surface area (Å²) in [5, 5.41) is 9.82. The highest BCUT2D eigenvalue weighted by molar-refractivity contribution is 7.14.